The molecular formula is C16H14O3. The molecule has 0 bridgehead atoms. The van der Waals surface area contributed by atoms with Crippen LogP contribution in [0.2, 0.25) is 0 Å². The third-order valence-electron chi connectivity index (χ3n) is 3.32. The largest absolute Gasteiger partial charge is 0.508 e. The van der Waals surface area contributed by atoms with Crippen LogP contribution >= 0.6 is 0 Å². The van der Waals surface area contributed by atoms with E-state index in [4.69, 9.17) is 9.47 Å². The van der Waals surface area contributed by atoms with Crippen LogP contribution in [0.1, 0.15) is 0 Å². The minimum atomic E-state index is 0.211. The maximum Gasteiger partial charge on any atom is 0.134 e. The number of methoxy groups -OCH3 is 2. The maximum atomic E-state index is 9.69. The lowest BCUT2D eigenvalue weighted by Crippen LogP contribution is -1.92. The number of phenols is 1. The van der Waals surface area contributed by atoms with Gasteiger partial charge in [0.2, 0.25) is 0 Å². The minimum Gasteiger partial charge on any atom is -0.508 e. The Kier molecular flexibility index (Phi) is 2.67. The van der Waals surface area contributed by atoms with E-state index in [1.54, 1.807) is 26.4 Å². The van der Waals surface area contributed by atoms with Gasteiger partial charge in [-0.1, -0.05) is 24.3 Å². The summed E-state index contributed by atoms with van der Waals surface area (Å²) in [6.07, 6.45) is 0. The number of hydrogen-bond donors (Lipinski definition) is 1. The zero-order chi connectivity index (χ0) is 13.4. The molecule has 0 aliphatic rings. The van der Waals surface area contributed by atoms with E-state index in [0.29, 0.717) is 0 Å². The average molecular weight is 254 g/mol. The van der Waals surface area contributed by atoms with E-state index in [-0.39, 0.29) is 5.75 Å². The summed E-state index contributed by atoms with van der Waals surface area (Å²) in [6.45, 7) is 0. The molecule has 0 unspecified atom stereocenters. The predicted octanol–water partition coefficient (Wildman–Crippen LogP) is 3.72. The van der Waals surface area contributed by atoms with Gasteiger partial charge in [0.15, 0.2) is 0 Å². The molecule has 3 rings (SSSR count). The molecule has 0 saturated heterocycles. The number of aromatic hydroxyl groups is 1. The fourth-order valence-electron chi connectivity index (χ4n) is 2.53. The highest BCUT2D eigenvalue weighted by Gasteiger charge is 2.14. The summed E-state index contributed by atoms with van der Waals surface area (Å²) < 4.78 is 11.1. The van der Waals surface area contributed by atoms with Crippen LogP contribution in [0.3, 0.4) is 0 Å². The van der Waals surface area contributed by atoms with Crippen molar-refractivity contribution >= 4 is 21.5 Å². The number of benzene rings is 3. The van der Waals surface area contributed by atoms with Crippen molar-refractivity contribution in [2.75, 3.05) is 14.2 Å². The molecule has 0 aliphatic carbocycles. The van der Waals surface area contributed by atoms with Crippen LogP contribution < -0.4 is 9.47 Å². The first-order valence-corrected chi connectivity index (χ1v) is 6.01. The summed E-state index contributed by atoms with van der Waals surface area (Å²) >= 11 is 0. The first-order valence-electron chi connectivity index (χ1n) is 6.01. The van der Waals surface area contributed by atoms with Crippen LogP contribution in [0.25, 0.3) is 21.5 Å². The second-order valence-electron chi connectivity index (χ2n) is 4.34. The van der Waals surface area contributed by atoms with Crippen molar-refractivity contribution in [2.24, 2.45) is 0 Å². The number of fused-ring (bicyclic) bond motifs is 2. The lowest BCUT2D eigenvalue weighted by atomic mass is 10.0. The van der Waals surface area contributed by atoms with Gasteiger partial charge in [-0.2, -0.15) is 0 Å². The summed E-state index contributed by atoms with van der Waals surface area (Å²) in [5.74, 6) is 1.76. The highest BCUT2D eigenvalue weighted by molar-refractivity contribution is 6.11. The zero-order valence-corrected chi connectivity index (χ0v) is 10.8. The molecule has 0 atom stereocenters. The molecule has 0 radical (unpaired) electrons. The fourth-order valence-corrected chi connectivity index (χ4v) is 2.53. The Labute approximate surface area is 111 Å². The second-order valence-corrected chi connectivity index (χ2v) is 4.34. The lowest BCUT2D eigenvalue weighted by molar-refractivity contribution is 0.417. The van der Waals surface area contributed by atoms with Crippen molar-refractivity contribution in [2.45, 2.75) is 0 Å². The molecule has 0 saturated carbocycles. The van der Waals surface area contributed by atoms with E-state index in [9.17, 15) is 5.11 Å². The summed E-state index contributed by atoms with van der Waals surface area (Å²) in [6, 6.07) is 13.1. The van der Waals surface area contributed by atoms with Crippen molar-refractivity contribution in [1.82, 2.24) is 0 Å². The Morgan fingerprint density at radius 2 is 1.26 bits per heavy atom. The molecule has 3 aromatic rings. The molecule has 0 heterocycles. The smallest absolute Gasteiger partial charge is 0.134 e. The second kappa shape index (κ2) is 4.35. The highest BCUT2D eigenvalue weighted by atomic mass is 16.5. The van der Waals surface area contributed by atoms with Gasteiger partial charge in [-0.3, -0.25) is 0 Å². The molecule has 3 heteroatoms. The van der Waals surface area contributed by atoms with Gasteiger partial charge < -0.3 is 14.6 Å². The predicted molar refractivity (Wildman–Crippen MR) is 76.2 cm³/mol. The van der Waals surface area contributed by atoms with Gasteiger partial charge >= 0.3 is 0 Å². The van der Waals surface area contributed by atoms with Gasteiger partial charge in [-0.05, 0) is 18.2 Å². The van der Waals surface area contributed by atoms with Crippen LogP contribution in [-0.4, -0.2) is 19.3 Å². The normalized spacial score (nSPS) is 10.8. The topological polar surface area (TPSA) is 38.7 Å². The van der Waals surface area contributed by atoms with Gasteiger partial charge in [0.25, 0.3) is 0 Å². The van der Waals surface area contributed by atoms with Gasteiger partial charge in [0.1, 0.15) is 17.2 Å². The van der Waals surface area contributed by atoms with Crippen LogP contribution in [0.15, 0.2) is 42.5 Å². The number of phenolic OH excluding ortho intramolecular Hbond substituents is 1. The Bertz CT molecular complexity index is 763. The van der Waals surface area contributed by atoms with Crippen LogP contribution in [0, 0.1) is 0 Å². The standard InChI is InChI=1S/C16H14O3/c1-18-15-11-5-3-4-6-12(11)16(19-2)14-9-10(17)7-8-13(14)15/h3-9,17H,1-2H3. The summed E-state index contributed by atoms with van der Waals surface area (Å²) in [7, 11) is 3.29. The zero-order valence-electron chi connectivity index (χ0n) is 10.8. The summed E-state index contributed by atoms with van der Waals surface area (Å²) in [5, 5.41) is 13.4. The molecular weight excluding hydrogens is 240 g/mol. The SMILES string of the molecule is COc1c2ccccc2c(OC)c2cc(O)ccc12. The van der Waals surface area contributed by atoms with E-state index in [1.807, 2.05) is 30.3 Å². The maximum absolute atomic E-state index is 9.69. The molecule has 0 aliphatic heterocycles. The highest BCUT2D eigenvalue weighted by Crippen LogP contribution is 2.43. The quantitative estimate of drug-likeness (QED) is 0.708. The van der Waals surface area contributed by atoms with E-state index >= 15 is 0 Å². The third-order valence-corrected chi connectivity index (χ3v) is 3.32. The van der Waals surface area contributed by atoms with Crippen molar-refractivity contribution in [3.8, 4) is 17.2 Å². The Balaban J connectivity index is 2.60. The monoisotopic (exact) mass is 254 g/mol. The lowest BCUT2D eigenvalue weighted by Gasteiger charge is -2.14. The van der Waals surface area contributed by atoms with Gasteiger partial charge in [0, 0.05) is 21.5 Å². The van der Waals surface area contributed by atoms with Crippen molar-refractivity contribution < 1.29 is 14.6 Å². The molecule has 1 N–H and O–H groups in total. The first-order chi connectivity index (χ1) is 9.26. The van der Waals surface area contributed by atoms with E-state index < -0.39 is 0 Å². The van der Waals surface area contributed by atoms with Crippen molar-refractivity contribution in [3.05, 3.63) is 42.5 Å². The third kappa shape index (κ3) is 1.66. The Hall–Kier alpha value is -2.42. The van der Waals surface area contributed by atoms with Gasteiger partial charge in [-0.25, -0.2) is 0 Å². The molecule has 3 aromatic carbocycles. The molecule has 0 amide bonds. The minimum absolute atomic E-state index is 0.211. The molecule has 19 heavy (non-hydrogen) atoms. The number of hydrogen-bond acceptors (Lipinski definition) is 3. The van der Waals surface area contributed by atoms with Crippen LogP contribution in [0.5, 0.6) is 17.2 Å². The van der Waals surface area contributed by atoms with Gasteiger partial charge in [0.05, 0.1) is 14.2 Å². The Morgan fingerprint density at radius 1 is 0.737 bits per heavy atom. The average Bonchev–Trinajstić information content (AvgIpc) is 2.44. The number of ether oxygens (including phenoxy) is 2. The molecule has 0 aromatic heterocycles. The fraction of sp³-hybridized carbons (Fsp3) is 0.125. The summed E-state index contributed by atoms with van der Waals surface area (Å²) in [4.78, 5) is 0. The molecule has 3 nitrogen and oxygen atoms in total. The van der Waals surface area contributed by atoms with Crippen LogP contribution in [0.4, 0.5) is 0 Å². The van der Waals surface area contributed by atoms with Crippen molar-refractivity contribution in [3.63, 3.8) is 0 Å². The molecule has 96 valence electrons. The first kappa shape index (κ1) is 11.7. The summed E-state index contributed by atoms with van der Waals surface area (Å²) in [5.41, 5.74) is 0. The van der Waals surface area contributed by atoms with Crippen LogP contribution in [-0.2, 0) is 0 Å². The van der Waals surface area contributed by atoms with Crippen molar-refractivity contribution in [1.29, 1.82) is 0 Å². The van der Waals surface area contributed by atoms with Gasteiger partial charge in [-0.15, -0.1) is 0 Å². The Morgan fingerprint density at radius 3 is 1.84 bits per heavy atom. The van der Waals surface area contributed by atoms with E-state index in [0.717, 1.165) is 33.0 Å². The molecule has 0 fully saturated rings. The molecule has 0 spiro atoms. The van der Waals surface area contributed by atoms with E-state index in [2.05, 4.69) is 0 Å². The van der Waals surface area contributed by atoms with E-state index in [1.165, 1.54) is 0 Å². The number of rotatable bonds is 2.